The van der Waals surface area contributed by atoms with Gasteiger partial charge in [0.1, 0.15) is 5.82 Å². The average molecular weight is 281 g/mol. The van der Waals surface area contributed by atoms with Crippen LogP contribution in [0.1, 0.15) is 12.0 Å². The van der Waals surface area contributed by atoms with Crippen molar-refractivity contribution in [3.05, 3.63) is 46.5 Å². The highest BCUT2D eigenvalue weighted by atomic mass is 16.1. The zero-order valence-corrected chi connectivity index (χ0v) is 11.7. The van der Waals surface area contributed by atoms with Crippen LogP contribution in [-0.4, -0.2) is 25.9 Å². The zero-order chi connectivity index (χ0) is 14.4. The molecule has 4 rings (SSSR count). The van der Waals surface area contributed by atoms with E-state index < -0.39 is 0 Å². The van der Waals surface area contributed by atoms with E-state index in [1.54, 1.807) is 15.4 Å². The first-order chi connectivity index (χ1) is 10.3. The van der Waals surface area contributed by atoms with Gasteiger partial charge < -0.3 is 5.32 Å². The number of para-hydroxylation sites is 1. The Balaban J connectivity index is 2.04. The van der Waals surface area contributed by atoms with Gasteiger partial charge in [-0.3, -0.25) is 4.57 Å². The Kier molecular flexibility index (Phi) is 2.57. The lowest BCUT2D eigenvalue weighted by molar-refractivity contribution is 0.599. The number of aromatic nitrogens is 4. The maximum absolute atomic E-state index is 12.2. The Morgan fingerprint density at radius 2 is 2.14 bits per heavy atom. The molecule has 3 heterocycles. The van der Waals surface area contributed by atoms with Crippen molar-refractivity contribution in [1.29, 1.82) is 0 Å². The van der Waals surface area contributed by atoms with Crippen LogP contribution in [0.2, 0.25) is 0 Å². The van der Waals surface area contributed by atoms with Crippen LogP contribution in [0, 0.1) is 6.92 Å². The second kappa shape index (κ2) is 4.44. The van der Waals surface area contributed by atoms with Crippen LogP contribution >= 0.6 is 0 Å². The predicted molar refractivity (Wildman–Crippen MR) is 81.0 cm³/mol. The predicted octanol–water partition coefficient (Wildman–Crippen LogP) is 1.71. The van der Waals surface area contributed by atoms with Crippen LogP contribution in [0.5, 0.6) is 0 Å². The molecule has 0 saturated heterocycles. The molecule has 6 nitrogen and oxygen atoms in total. The van der Waals surface area contributed by atoms with E-state index in [0.29, 0.717) is 12.2 Å². The van der Waals surface area contributed by atoms with Crippen molar-refractivity contribution in [3.63, 3.8) is 0 Å². The van der Waals surface area contributed by atoms with Gasteiger partial charge in [-0.05, 0) is 25.0 Å². The average Bonchev–Trinajstić information content (AvgIpc) is 2.92. The minimum absolute atomic E-state index is 0.222. The van der Waals surface area contributed by atoms with Crippen molar-refractivity contribution in [2.24, 2.45) is 0 Å². The van der Waals surface area contributed by atoms with Gasteiger partial charge in [0.25, 0.3) is 0 Å². The van der Waals surface area contributed by atoms with Crippen LogP contribution in [0.4, 0.5) is 5.82 Å². The normalized spacial score (nSPS) is 14.0. The van der Waals surface area contributed by atoms with Gasteiger partial charge in [0, 0.05) is 13.1 Å². The van der Waals surface area contributed by atoms with Crippen molar-refractivity contribution in [2.45, 2.75) is 19.9 Å². The SMILES string of the molecule is Cc1ccccc1-n1ncc2c3n(c(=O)nc21)CCCN3. The number of fused-ring (bicyclic) bond motifs is 3. The summed E-state index contributed by atoms with van der Waals surface area (Å²) in [5.74, 6) is 0.830. The summed E-state index contributed by atoms with van der Waals surface area (Å²) < 4.78 is 3.43. The lowest BCUT2D eigenvalue weighted by atomic mass is 10.2. The Bertz CT molecular complexity index is 893. The number of rotatable bonds is 1. The number of hydrogen-bond donors (Lipinski definition) is 1. The maximum Gasteiger partial charge on any atom is 0.351 e. The Labute approximate surface area is 121 Å². The molecule has 0 amide bonds. The topological polar surface area (TPSA) is 64.7 Å². The highest BCUT2D eigenvalue weighted by molar-refractivity contribution is 5.87. The molecule has 6 heteroatoms. The fourth-order valence-corrected chi connectivity index (χ4v) is 2.83. The standard InChI is InChI=1S/C15H15N5O/c1-10-5-2-3-6-12(10)20-14-11(9-17-20)13-16-7-4-8-19(13)15(21)18-14/h2-3,5-6,9,16H,4,7-8H2,1H3. The monoisotopic (exact) mass is 281 g/mol. The third kappa shape index (κ3) is 1.75. The number of nitrogens with zero attached hydrogens (tertiary/aromatic N) is 4. The van der Waals surface area contributed by atoms with Gasteiger partial charge >= 0.3 is 5.69 Å². The summed E-state index contributed by atoms with van der Waals surface area (Å²) >= 11 is 0. The minimum Gasteiger partial charge on any atom is -0.371 e. The van der Waals surface area contributed by atoms with Gasteiger partial charge in [-0.2, -0.15) is 10.1 Å². The molecule has 2 aromatic heterocycles. The van der Waals surface area contributed by atoms with E-state index in [1.807, 2.05) is 31.2 Å². The second-order valence-electron chi connectivity index (χ2n) is 5.26. The number of anilines is 1. The molecule has 0 unspecified atom stereocenters. The molecule has 0 radical (unpaired) electrons. The first kappa shape index (κ1) is 12.1. The van der Waals surface area contributed by atoms with Gasteiger partial charge in [0.05, 0.1) is 17.3 Å². The van der Waals surface area contributed by atoms with E-state index in [-0.39, 0.29) is 5.69 Å². The van der Waals surface area contributed by atoms with Crippen LogP contribution in [0.15, 0.2) is 35.3 Å². The van der Waals surface area contributed by atoms with Gasteiger partial charge in [0.15, 0.2) is 5.65 Å². The molecule has 1 aromatic carbocycles. The highest BCUT2D eigenvalue weighted by Crippen LogP contribution is 2.25. The molecule has 0 atom stereocenters. The molecule has 1 N–H and O–H groups in total. The van der Waals surface area contributed by atoms with Crippen LogP contribution < -0.4 is 11.0 Å². The maximum atomic E-state index is 12.2. The fraction of sp³-hybridized carbons (Fsp3) is 0.267. The summed E-state index contributed by atoms with van der Waals surface area (Å²) in [6.45, 7) is 3.60. The molecular weight excluding hydrogens is 266 g/mol. The summed E-state index contributed by atoms with van der Waals surface area (Å²) in [4.78, 5) is 16.4. The number of nitrogens with one attached hydrogen (secondary N) is 1. The van der Waals surface area contributed by atoms with Crippen molar-refractivity contribution in [1.82, 2.24) is 19.3 Å². The van der Waals surface area contributed by atoms with E-state index >= 15 is 0 Å². The molecule has 0 bridgehead atoms. The lowest BCUT2D eigenvalue weighted by Crippen LogP contribution is -2.31. The molecule has 0 saturated carbocycles. The van der Waals surface area contributed by atoms with E-state index in [1.165, 1.54) is 0 Å². The van der Waals surface area contributed by atoms with E-state index in [9.17, 15) is 4.79 Å². The van der Waals surface area contributed by atoms with Crippen molar-refractivity contribution in [2.75, 3.05) is 11.9 Å². The highest BCUT2D eigenvalue weighted by Gasteiger charge is 2.18. The molecular formula is C15H15N5O. The minimum atomic E-state index is -0.222. The first-order valence-corrected chi connectivity index (χ1v) is 7.04. The number of aryl methyl sites for hydroxylation is 1. The summed E-state index contributed by atoms with van der Waals surface area (Å²) in [5, 5.41) is 8.62. The van der Waals surface area contributed by atoms with Crippen LogP contribution in [0.25, 0.3) is 16.7 Å². The second-order valence-corrected chi connectivity index (χ2v) is 5.26. The van der Waals surface area contributed by atoms with E-state index in [0.717, 1.165) is 35.4 Å². The molecule has 0 aliphatic carbocycles. The fourth-order valence-electron chi connectivity index (χ4n) is 2.83. The van der Waals surface area contributed by atoms with Gasteiger partial charge in [-0.25, -0.2) is 9.48 Å². The van der Waals surface area contributed by atoms with Crippen LogP contribution in [-0.2, 0) is 6.54 Å². The third-order valence-electron chi connectivity index (χ3n) is 3.90. The summed E-state index contributed by atoms with van der Waals surface area (Å²) in [5.41, 5.74) is 2.42. The van der Waals surface area contributed by atoms with Gasteiger partial charge in [0.2, 0.25) is 0 Å². The molecule has 21 heavy (non-hydrogen) atoms. The Hall–Kier alpha value is -2.63. The lowest BCUT2D eigenvalue weighted by Gasteiger charge is -2.19. The summed E-state index contributed by atoms with van der Waals surface area (Å²) in [7, 11) is 0. The molecule has 1 aliphatic rings. The quantitative estimate of drug-likeness (QED) is 0.737. The molecule has 1 aliphatic heterocycles. The first-order valence-electron chi connectivity index (χ1n) is 7.04. The zero-order valence-electron chi connectivity index (χ0n) is 11.7. The summed E-state index contributed by atoms with van der Waals surface area (Å²) in [6.07, 6.45) is 2.71. The summed E-state index contributed by atoms with van der Waals surface area (Å²) in [6, 6.07) is 7.94. The van der Waals surface area contributed by atoms with Crippen molar-refractivity contribution in [3.8, 4) is 5.69 Å². The van der Waals surface area contributed by atoms with Gasteiger partial charge in [-0.15, -0.1) is 0 Å². The molecule has 0 spiro atoms. The smallest absolute Gasteiger partial charge is 0.351 e. The van der Waals surface area contributed by atoms with Gasteiger partial charge in [-0.1, -0.05) is 18.2 Å². The van der Waals surface area contributed by atoms with Crippen LogP contribution in [0.3, 0.4) is 0 Å². The molecule has 3 aromatic rings. The van der Waals surface area contributed by atoms with Crippen molar-refractivity contribution >= 4 is 16.9 Å². The third-order valence-corrected chi connectivity index (χ3v) is 3.90. The van der Waals surface area contributed by atoms with Crippen molar-refractivity contribution < 1.29 is 0 Å². The van der Waals surface area contributed by atoms with E-state index in [2.05, 4.69) is 15.4 Å². The molecule has 0 fully saturated rings. The molecule has 106 valence electrons. The Morgan fingerprint density at radius 1 is 1.29 bits per heavy atom. The number of hydrogen-bond acceptors (Lipinski definition) is 4. The Morgan fingerprint density at radius 3 is 3.00 bits per heavy atom. The van der Waals surface area contributed by atoms with E-state index in [4.69, 9.17) is 0 Å². The largest absolute Gasteiger partial charge is 0.371 e. The number of benzene rings is 1.